The van der Waals surface area contributed by atoms with Crippen molar-refractivity contribution in [3.63, 3.8) is 0 Å². The third-order valence-electron chi connectivity index (χ3n) is 8.23. The summed E-state index contributed by atoms with van der Waals surface area (Å²) in [6, 6.07) is 0. The molecule has 4 aliphatic rings. The summed E-state index contributed by atoms with van der Waals surface area (Å²) in [6.45, 7) is 4.16. The van der Waals surface area contributed by atoms with Gasteiger partial charge in [0.25, 0.3) is 0 Å². The second kappa shape index (κ2) is 5.98. The van der Waals surface area contributed by atoms with Gasteiger partial charge in [-0.25, -0.2) is 0 Å². The Balaban J connectivity index is 1.75. The summed E-state index contributed by atoms with van der Waals surface area (Å²) < 4.78 is 0.302. The molecule has 0 aromatic carbocycles. The molecule has 3 fully saturated rings. The highest BCUT2D eigenvalue weighted by atomic mass is 127. The molecule has 0 spiro atoms. The lowest BCUT2D eigenvalue weighted by Gasteiger charge is -2.59. The van der Waals surface area contributed by atoms with Crippen LogP contribution in [-0.4, -0.2) is 37.9 Å². The molecule has 0 bridgehead atoms. The zero-order chi connectivity index (χ0) is 18.9. The third kappa shape index (κ3) is 2.26. The highest BCUT2D eigenvalue weighted by Gasteiger charge is 2.67. The van der Waals surface area contributed by atoms with E-state index in [2.05, 4.69) is 6.92 Å². The van der Waals surface area contributed by atoms with Crippen molar-refractivity contribution in [1.82, 2.24) is 0 Å². The Morgan fingerprint density at radius 2 is 2.08 bits per heavy atom. The van der Waals surface area contributed by atoms with E-state index in [1.54, 1.807) is 12.2 Å². The average Bonchev–Trinajstić information content (AvgIpc) is 2.86. The smallest absolute Gasteiger partial charge is 0.178 e. The third-order valence-corrected chi connectivity index (χ3v) is 8.92. The number of carbonyl (C=O) groups excluding carboxylic acids is 2. The van der Waals surface area contributed by atoms with Crippen LogP contribution >= 0.6 is 22.6 Å². The maximum absolute atomic E-state index is 12.6. The van der Waals surface area contributed by atoms with Crippen molar-refractivity contribution >= 4 is 34.2 Å². The molecular formula is C21H27IO4. The number of hydrogen-bond donors (Lipinski definition) is 2. The van der Waals surface area contributed by atoms with Gasteiger partial charge in [-0.1, -0.05) is 48.1 Å². The number of alkyl halides is 1. The molecule has 4 rings (SSSR count). The summed E-state index contributed by atoms with van der Waals surface area (Å²) in [5.41, 5.74) is -1.06. The zero-order valence-electron chi connectivity index (χ0n) is 15.4. The Morgan fingerprint density at radius 3 is 2.77 bits per heavy atom. The standard InChI is InChI=1S/C21H27IO4/c1-19-7-5-13(23)9-12(19)3-4-14-15-6-8-21(26,17(25)11-22)20(15,2)10-16(24)18(14)19/h5,7,9,14-16,18,24,26H,3-4,6,8,10-11H2,1-2H3/t14-,15-,16-,18+,19-,20-,21-/m0/s1. The van der Waals surface area contributed by atoms with Gasteiger partial charge >= 0.3 is 0 Å². The molecule has 0 aliphatic heterocycles. The average molecular weight is 470 g/mol. The van der Waals surface area contributed by atoms with Crippen LogP contribution in [0, 0.1) is 28.6 Å². The molecule has 0 unspecified atom stereocenters. The second-order valence-corrected chi connectivity index (χ2v) is 9.93. The summed E-state index contributed by atoms with van der Waals surface area (Å²) in [6.07, 6.45) is 8.34. The summed E-state index contributed by atoms with van der Waals surface area (Å²) in [7, 11) is 0. The molecule has 0 aromatic heterocycles. The first kappa shape index (κ1) is 18.8. The molecule has 2 N–H and O–H groups in total. The normalized spacial score (nSPS) is 49.9. The highest BCUT2D eigenvalue weighted by Crippen LogP contribution is 2.67. The lowest BCUT2D eigenvalue weighted by atomic mass is 9.46. The molecule has 3 saturated carbocycles. The number of carbonyl (C=O) groups is 2. The van der Waals surface area contributed by atoms with E-state index in [0.717, 1.165) is 24.8 Å². The monoisotopic (exact) mass is 470 g/mol. The molecule has 142 valence electrons. The Morgan fingerprint density at radius 1 is 1.35 bits per heavy atom. The molecule has 0 aromatic rings. The predicted octanol–water partition coefficient (Wildman–Crippen LogP) is 3.00. The van der Waals surface area contributed by atoms with E-state index >= 15 is 0 Å². The summed E-state index contributed by atoms with van der Waals surface area (Å²) in [4.78, 5) is 24.4. The van der Waals surface area contributed by atoms with Gasteiger partial charge in [0.05, 0.1) is 10.5 Å². The highest BCUT2D eigenvalue weighted by molar-refractivity contribution is 14.1. The van der Waals surface area contributed by atoms with Crippen LogP contribution in [-0.2, 0) is 9.59 Å². The van der Waals surface area contributed by atoms with Gasteiger partial charge < -0.3 is 10.2 Å². The Bertz CT molecular complexity index is 728. The first-order chi connectivity index (χ1) is 12.2. The second-order valence-electron chi connectivity index (χ2n) is 9.17. The molecule has 5 heteroatoms. The van der Waals surface area contributed by atoms with Crippen molar-refractivity contribution in [3.05, 3.63) is 23.8 Å². The van der Waals surface area contributed by atoms with E-state index in [4.69, 9.17) is 0 Å². The van der Waals surface area contributed by atoms with E-state index in [1.807, 2.05) is 35.6 Å². The van der Waals surface area contributed by atoms with Gasteiger partial charge in [0.15, 0.2) is 11.6 Å². The van der Waals surface area contributed by atoms with Crippen LogP contribution in [0.25, 0.3) is 0 Å². The van der Waals surface area contributed by atoms with Crippen molar-refractivity contribution in [1.29, 1.82) is 0 Å². The number of halogens is 1. The minimum atomic E-state index is -1.32. The minimum Gasteiger partial charge on any atom is -0.393 e. The largest absolute Gasteiger partial charge is 0.393 e. The Hall–Kier alpha value is -0.530. The van der Waals surface area contributed by atoms with Crippen LogP contribution in [0.2, 0.25) is 0 Å². The molecule has 4 aliphatic carbocycles. The summed E-state index contributed by atoms with van der Waals surface area (Å²) >= 11 is 2.03. The Labute approximate surface area is 168 Å². The van der Waals surface area contributed by atoms with Crippen molar-refractivity contribution in [2.45, 2.75) is 57.7 Å². The van der Waals surface area contributed by atoms with Crippen LogP contribution in [0.4, 0.5) is 0 Å². The number of allylic oxidation sites excluding steroid dienone is 4. The van der Waals surface area contributed by atoms with E-state index < -0.39 is 17.1 Å². The predicted molar refractivity (Wildman–Crippen MR) is 107 cm³/mol. The molecule has 4 nitrogen and oxygen atoms in total. The summed E-state index contributed by atoms with van der Waals surface area (Å²) in [5, 5.41) is 22.5. The Kier molecular flexibility index (Phi) is 4.33. The van der Waals surface area contributed by atoms with Crippen molar-refractivity contribution in [3.8, 4) is 0 Å². The first-order valence-electron chi connectivity index (χ1n) is 9.61. The number of aliphatic hydroxyl groups is 2. The quantitative estimate of drug-likeness (QED) is 0.481. The zero-order valence-corrected chi connectivity index (χ0v) is 17.5. The summed E-state index contributed by atoms with van der Waals surface area (Å²) in [5.74, 6) is 0.479. The van der Waals surface area contributed by atoms with Crippen LogP contribution in [0.3, 0.4) is 0 Å². The molecule has 0 radical (unpaired) electrons. The van der Waals surface area contributed by atoms with Gasteiger partial charge in [0.2, 0.25) is 0 Å². The lowest BCUT2D eigenvalue weighted by Crippen LogP contribution is -2.61. The number of fused-ring (bicyclic) bond motifs is 5. The van der Waals surface area contributed by atoms with Gasteiger partial charge in [0, 0.05) is 16.7 Å². The molecule has 0 amide bonds. The molecule has 0 saturated heterocycles. The van der Waals surface area contributed by atoms with E-state index in [-0.39, 0.29) is 34.7 Å². The SMILES string of the molecule is C[C@]12C=CC(=O)C=C1CC[C@@H]1[C@@H]2[C@@H](O)C[C@@]2(C)[C@H]1CC[C@]2(O)C(=O)CI. The fraction of sp³-hybridized carbons (Fsp3) is 0.714. The fourth-order valence-corrected chi connectivity index (χ4v) is 7.53. The molecule has 0 heterocycles. The number of Topliss-reactive ketones (excluding diaryl/α,β-unsaturated/α-hetero) is 1. The van der Waals surface area contributed by atoms with Gasteiger partial charge in [-0.3, -0.25) is 9.59 Å². The van der Waals surface area contributed by atoms with Crippen LogP contribution < -0.4 is 0 Å². The van der Waals surface area contributed by atoms with E-state index in [0.29, 0.717) is 17.3 Å². The van der Waals surface area contributed by atoms with Gasteiger partial charge in [-0.05, 0) is 56.1 Å². The van der Waals surface area contributed by atoms with Gasteiger partial charge in [0.1, 0.15) is 5.60 Å². The van der Waals surface area contributed by atoms with Crippen LogP contribution in [0.15, 0.2) is 23.8 Å². The maximum Gasteiger partial charge on any atom is 0.178 e. The number of hydrogen-bond acceptors (Lipinski definition) is 4. The van der Waals surface area contributed by atoms with Crippen molar-refractivity contribution in [2.24, 2.45) is 28.6 Å². The molecular weight excluding hydrogens is 443 g/mol. The van der Waals surface area contributed by atoms with Crippen molar-refractivity contribution in [2.75, 3.05) is 4.43 Å². The first-order valence-corrected chi connectivity index (χ1v) is 11.1. The van der Waals surface area contributed by atoms with Crippen LogP contribution in [0.5, 0.6) is 0 Å². The fourth-order valence-electron chi connectivity index (χ4n) is 6.90. The van der Waals surface area contributed by atoms with Crippen molar-refractivity contribution < 1.29 is 19.8 Å². The minimum absolute atomic E-state index is 0.0361. The number of rotatable bonds is 2. The maximum atomic E-state index is 12.6. The topological polar surface area (TPSA) is 74.6 Å². The molecule has 7 atom stereocenters. The number of ketones is 2. The van der Waals surface area contributed by atoms with E-state index in [9.17, 15) is 19.8 Å². The van der Waals surface area contributed by atoms with Gasteiger partial charge in [-0.2, -0.15) is 0 Å². The number of aliphatic hydroxyl groups excluding tert-OH is 1. The van der Waals surface area contributed by atoms with Gasteiger partial charge in [-0.15, -0.1) is 0 Å². The molecule has 26 heavy (non-hydrogen) atoms. The van der Waals surface area contributed by atoms with Crippen LogP contribution in [0.1, 0.15) is 46.0 Å². The van der Waals surface area contributed by atoms with E-state index in [1.165, 1.54) is 0 Å². The lowest BCUT2D eigenvalue weighted by molar-refractivity contribution is -0.174.